The molecule has 1 fully saturated rings. The molecule has 0 unspecified atom stereocenters. The number of piperidine rings is 1. The molecule has 5 nitrogen and oxygen atoms in total. The van der Waals surface area contributed by atoms with Crippen LogP contribution >= 0.6 is 11.3 Å². The van der Waals surface area contributed by atoms with Gasteiger partial charge in [0.25, 0.3) is 0 Å². The first-order valence-electron chi connectivity index (χ1n) is 9.52. The highest BCUT2D eigenvalue weighted by Crippen LogP contribution is 2.31. The van der Waals surface area contributed by atoms with Gasteiger partial charge < -0.3 is 14.4 Å². The molecular formula is C21H27FN2O3S. The minimum Gasteiger partial charge on any atom is -0.484 e. The van der Waals surface area contributed by atoms with Crippen LogP contribution in [0.3, 0.4) is 0 Å². The topological polar surface area (TPSA) is 51.7 Å². The monoisotopic (exact) mass is 406 g/mol. The Kier molecular flexibility index (Phi) is 6.23. The molecule has 2 aromatic rings. The standard InChI is InChI=1S/C21H27FN2O3S/c1-14-5-6-18(17(22)11-14)26-12-16-13-28-19(23-16)15-7-9-24(10-8-15)20(25)27-21(2,3)4/h5-6,11,13,15H,7-10,12H2,1-4H3. The maximum atomic E-state index is 13.9. The van der Waals surface area contributed by atoms with Gasteiger partial charge in [0.15, 0.2) is 11.6 Å². The van der Waals surface area contributed by atoms with Crippen molar-refractivity contribution in [2.75, 3.05) is 13.1 Å². The maximum Gasteiger partial charge on any atom is 0.410 e. The van der Waals surface area contributed by atoms with Gasteiger partial charge in [-0.25, -0.2) is 14.2 Å². The maximum absolute atomic E-state index is 13.9. The summed E-state index contributed by atoms with van der Waals surface area (Å²) in [6.45, 7) is 9.04. The van der Waals surface area contributed by atoms with Gasteiger partial charge in [-0.3, -0.25) is 0 Å². The zero-order valence-electron chi connectivity index (χ0n) is 16.8. The summed E-state index contributed by atoms with van der Waals surface area (Å²) in [6.07, 6.45) is 1.47. The fourth-order valence-corrected chi connectivity index (χ4v) is 4.06. The number of aryl methyl sites for hydroxylation is 1. The van der Waals surface area contributed by atoms with E-state index in [9.17, 15) is 9.18 Å². The molecule has 28 heavy (non-hydrogen) atoms. The van der Waals surface area contributed by atoms with Crippen molar-refractivity contribution < 1.29 is 18.7 Å². The second-order valence-corrected chi connectivity index (χ2v) is 9.03. The quantitative estimate of drug-likeness (QED) is 0.693. The fourth-order valence-electron chi connectivity index (χ4n) is 3.09. The number of halogens is 1. The van der Waals surface area contributed by atoms with Gasteiger partial charge in [-0.1, -0.05) is 6.07 Å². The largest absolute Gasteiger partial charge is 0.484 e. The van der Waals surface area contributed by atoms with E-state index >= 15 is 0 Å². The third kappa shape index (κ3) is 5.44. The molecule has 1 aromatic carbocycles. The van der Waals surface area contributed by atoms with E-state index in [1.165, 1.54) is 6.07 Å². The van der Waals surface area contributed by atoms with Gasteiger partial charge in [0.1, 0.15) is 12.2 Å². The van der Waals surface area contributed by atoms with Crippen LogP contribution in [0.15, 0.2) is 23.6 Å². The molecule has 0 spiro atoms. The Balaban J connectivity index is 1.51. The number of carbonyl (C=O) groups is 1. The van der Waals surface area contributed by atoms with Gasteiger partial charge in [0.05, 0.1) is 10.7 Å². The zero-order valence-corrected chi connectivity index (χ0v) is 17.6. The van der Waals surface area contributed by atoms with Crippen molar-refractivity contribution >= 4 is 17.4 Å². The number of ether oxygens (including phenoxy) is 2. The average Bonchev–Trinajstić information content (AvgIpc) is 3.09. The highest BCUT2D eigenvalue weighted by atomic mass is 32.1. The number of aromatic nitrogens is 1. The predicted octanol–water partition coefficient (Wildman–Crippen LogP) is 5.28. The van der Waals surface area contributed by atoms with Gasteiger partial charge >= 0.3 is 6.09 Å². The fraction of sp³-hybridized carbons (Fsp3) is 0.524. The summed E-state index contributed by atoms with van der Waals surface area (Å²) in [5.41, 5.74) is 1.18. The molecule has 0 N–H and O–H groups in total. The number of benzene rings is 1. The Morgan fingerprint density at radius 2 is 2.04 bits per heavy atom. The van der Waals surface area contributed by atoms with Crippen LogP contribution in [0.25, 0.3) is 0 Å². The van der Waals surface area contributed by atoms with Crippen LogP contribution in [0.5, 0.6) is 5.75 Å². The van der Waals surface area contributed by atoms with E-state index in [1.54, 1.807) is 22.3 Å². The highest BCUT2D eigenvalue weighted by molar-refractivity contribution is 7.09. The van der Waals surface area contributed by atoms with Gasteiger partial charge in [-0.2, -0.15) is 0 Å². The van der Waals surface area contributed by atoms with Gasteiger partial charge in [0, 0.05) is 24.4 Å². The molecule has 1 aliphatic heterocycles. The first-order valence-corrected chi connectivity index (χ1v) is 10.4. The Bertz CT molecular complexity index is 823. The van der Waals surface area contributed by atoms with Crippen molar-refractivity contribution in [3.8, 4) is 5.75 Å². The van der Waals surface area contributed by atoms with Crippen molar-refractivity contribution in [1.82, 2.24) is 9.88 Å². The Hall–Kier alpha value is -2.15. The van der Waals surface area contributed by atoms with E-state index in [1.807, 2.05) is 39.1 Å². The lowest BCUT2D eigenvalue weighted by molar-refractivity contribution is 0.0204. The van der Waals surface area contributed by atoms with Crippen LogP contribution in [0.2, 0.25) is 0 Å². The van der Waals surface area contributed by atoms with E-state index in [4.69, 9.17) is 9.47 Å². The molecule has 1 amide bonds. The number of likely N-dealkylation sites (tertiary alicyclic amines) is 1. The summed E-state index contributed by atoms with van der Waals surface area (Å²) in [7, 11) is 0. The van der Waals surface area contributed by atoms with E-state index in [0.29, 0.717) is 19.0 Å². The van der Waals surface area contributed by atoms with Crippen LogP contribution in [-0.4, -0.2) is 34.7 Å². The highest BCUT2D eigenvalue weighted by Gasteiger charge is 2.28. The lowest BCUT2D eigenvalue weighted by Gasteiger charge is -2.32. The lowest BCUT2D eigenvalue weighted by Crippen LogP contribution is -2.41. The number of amides is 1. The Morgan fingerprint density at radius 3 is 2.68 bits per heavy atom. The molecule has 0 radical (unpaired) electrons. The molecule has 1 aliphatic rings. The second kappa shape index (κ2) is 8.47. The number of carbonyl (C=O) groups excluding carboxylic acids is 1. The van der Waals surface area contributed by atoms with Gasteiger partial charge in [-0.15, -0.1) is 11.3 Å². The number of rotatable bonds is 4. The Morgan fingerprint density at radius 1 is 1.32 bits per heavy atom. The van der Waals surface area contributed by atoms with Crippen molar-refractivity contribution in [2.24, 2.45) is 0 Å². The normalized spacial score (nSPS) is 15.5. The van der Waals surface area contributed by atoms with Crippen molar-refractivity contribution in [1.29, 1.82) is 0 Å². The van der Waals surface area contributed by atoms with Crippen LogP contribution in [0.1, 0.15) is 55.8 Å². The van der Waals surface area contributed by atoms with Crippen LogP contribution in [0, 0.1) is 12.7 Å². The second-order valence-electron chi connectivity index (χ2n) is 8.14. The summed E-state index contributed by atoms with van der Waals surface area (Å²) in [5.74, 6) is 0.212. The summed E-state index contributed by atoms with van der Waals surface area (Å²) >= 11 is 1.60. The molecule has 7 heteroatoms. The van der Waals surface area contributed by atoms with Crippen LogP contribution < -0.4 is 4.74 Å². The van der Waals surface area contributed by atoms with E-state index < -0.39 is 5.60 Å². The predicted molar refractivity (Wildman–Crippen MR) is 107 cm³/mol. The summed E-state index contributed by atoms with van der Waals surface area (Å²) in [6, 6.07) is 4.92. The smallest absolute Gasteiger partial charge is 0.410 e. The third-order valence-corrected chi connectivity index (χ3v) is 5.58. The van der Waals surface area contributed by atoms with Crippen molar-refractivity contribution in [2.45, 2.75) is 58.7 Å². The number of hydrogen-bond acceptors (Lipinski definition) is 5. The summed E-state index contributed by atoms with van der Waals surface area (Å²) in [5, 5.41) is 3.01. The number of thiazole rings is 1. The first kappa shape index (κ1) is 20.6. The summed E-state index contributed by atoms with van der Waals surface area (Å²) < 4.78 is 24.9. The first-order chi connectivity index (χ1) is 13.2. The molecule has 152 valence electrons. The lowest BCUT2D eigenvalue weighted by atomic mass is 9.98. The molecule has 1 saturated heterocycles. The average molecular weight is 407 g/mol. The molecule has 0 atom stereocenters. The minimum absolute atomic E-state index is 0.241. The minimum atomic E-state index is -0.477. The zero-order chi connectivity index (χ0) is 20.3. The molecule has 0 saturated carbocycles. The van der Waals surface area contributed by atoms with Crippen molar-refractivity contribution in [3.63, 3.8) is 0 Å². The number of nitrogens with zero attached hydrogens (tertiary/aromatic N) is 2. The van der Waals surface area contributed by atoms with Crippen LogP contribution in [0.4, 0.5) is 9.18 Å². The molecule has 0 bridgehead atoms. The molecular weight excluding hydrogens is 379 g/mol. The Labute approximate surface area is 169 Å². The SMILES string of the molecule is Cc1ccc(OCc2csc(C3CCN(C(=O)OC(C)(C)C)CC3)n2)c(F)c1. The van der Waals surface area contributed by atoms with Crippen molar-refractivity contribution in [3.05, 3.63) is 45.7 Å². The van der Waals surface area contributed by atoms with Crippen LogP contribution in [-0.2, 0) is 11.3 Å². The van der Waals surface area contributed by atoms with E-state index in [2.05, 4.69) is 4.98 Å². The molecule has 0 aliphatic carbocycles. The molecule has 1 aromatic heterocycles. The third-order valence-electron chi connectivity index (χ3n) is 4.53. The number of hydrogen-bond donors (Lipinski definition) is 0. The van der Waals surface area contributed by atoms with Gasteiger partial charge in [0.2, 0.25) is 0 Å². The van der Waals surface area contributed by atoms with E-state index in [0.717, 1.165) is 29.1 Å². The summed E-state index contributed by atoms with van der Waals surface area (Å²) in [4.78, 5) is 18.6. The van der Waals surface area contributed by atoms with E-state index in [-0.39, 0.29) is 24.3 Å². The van der Waals surface area contributed by atoms with Gasteiger partial charge in [-0.05, 0) is 58.2 Å². The molecule has 3 rings (SSSR count). The molecule has 2 heterocycles.